The first kappa shape index (κ1) is 13.6. The second kappa shape index (κ2) is 4.85. The molecule has 1 aromatic carbocycles. The van der Waals surface area contributed by atoms with Crippen LogP contribution in [0.5, 0.6) is 0 Å². The van der Waals surface area contributed by atoms with Crippen LogP contribution >= 0.6 is 11.6 Å². The Labute approximate surface area is 124 Å². The summed E-state index contributed by atoms with van der Waals surface area (Å²) in [4.78, 5) is 10.5. The summed E-state index contributed by atoms with van der Waals surface area (Å²) in [6, 6.07) is 4.67. The molecule has 21 heavy (non-hydrogen) atoms. The summed E-state index contributed by atoms with van der Waals surface area (Å²) in [7, 11) is 1.77. The number of aromatic nitrogens is 4. The smallest absolute Gasteiger partial charge is 0.260 e. The number of halogens is 1. The lowest BCUT2D eigenvalue weighted by atomic mass is 10.2. The largest absolute Gasteiger partial charge is 0.271 e. The van der Waals surface area contributed by atoms with Crippen LogP contribution in [0.1, 0.15) is 11.3 Å². The van der Waals surface area contributed by atoms with Crippen molar-refractivity contribution in [3.63, 3.8) is 0 Å². The molecule has 0 spiro atoms. The van der Waals surface area contributed by atoms with Crippen molar-refractivity contribution in [3.8, 4) is 0 Å². The number of non-ortho nitro benzene ring substituents is 1. The van der Waals surface area contributed by atoms with Crippen LogP contribution in [0, 0.1) is 17.0 Å². The number of hydrogen-bond acceptors (Lipinski definition) is 4. The van der Waals surface area contributed by atoms with Gasteiger partial charge in [-0.25, -0.2) is 0 Å². The van der Waals surface area contributed by atoms with Gasteiger partial charge in [-0.15, -0.1) is 0 Å². The molecule has 0 saturated heterocycles. The molecule has 0 unspecified atom stereocenters. The van der Waals surface area contributed by atoms with Gasteiger partial charge < -0.3 is 0 Å². The Hall–Kier alpha value is -2.41. The second-order valence-electron chi connectivity index (χ2n) is 4.78. The molecule has 2 aromatic heterocycles. The Morgan fingerprint density at radius 2 is 2.19 bits per heavy atom. The van der Waals surface area contributed by atoms with E-state index in [1.54, 1.807) is 28.7 Å². The maximum absolute atomic E-state index is 10.9. The average molecular weight is 306 g/mol. The maximum atomic E-state index is 10.9. The van der Waals surface area contributed by atoms with Crippen molar-refractivity contribution in [2.24, 2.45) is 7.05 Å². The number of benzene rings is 1. The summed E-state index contributed by atoms with van der Waals surface area (Å²) >= 11 is 6.21. The standard InChI is InChI=1S/C13H12ClN5O2/c1-8-11(13(14)17(2)16-8)7-18-12-5-10(19(20)21)4-3-9(12)6-15-18/h3-6H,7H2,1-2H3. The highest BCUT2D eigenvalue weighted by atomic mass is 35.5. The van der Waals surface area contributed by atoms with Crippen LogP contribution in [0.2, 0.25) is 5.15 Å². The van der Waals surface area contributed by atoms with Gasteiger partial charge in [0.05, 0.1) is 28.9 Å². The lowest BCUT2D eigenvalue weighted by Crippen LogP contribution is -2.03. The molecule has 0 aliphatic carbocycles. The van der Waals surface area contributed by atoms with E-state index in [0.29, 0.717) is 17.2 Å². The molecule has 0 atom stereocenters. The third-order valence-electron chi connectivity index (χ3n) is 3.42. The van der Waals surface area contributed by atoms with Gasteiger partial charge in [0.2, 0.25) is 0 Å². The molecular weight excluding hydrogens is 294 g/mol. The molecule has 0 aliphatic rings. The van der Waals surface area contributed by atoms with E-state index in [0.717, 1.165) is 16.6 Å². The van der Waals surface area contributed by atoms with Crippen LogP contribution in [0.4, 0.5) is 5.69 Å². The molecule has 8 heteroatoms. The van der Waals surface area contributed by atoms with E-state index in [9.17, 15) is 10.1 Å². The monoisotopic (exact) mass is 305 g/mol. The van der Waals surface area contributed by atoms with E-state index in [1.807, 2.05) is 6.92 Å². The van der Waals surface area contributed by atoms with E-state index in [4.69, 9.17) is 11.6 Å². The average Bonchev–Trinajstić information content (AvgIpc) is 2.95. The number of aryl methyl sites for hydroxylation is 2. The highest BCUT2D eigenvalue weighted by Crippen LogP contribution is 2.24. The fourth-order valence-electron chi connectivity index (χ4n) is 2.30. The van der Waals surface area contributed by atoms with Gasteiger partial charge >= 0.3 is 0 Å². The fourth-order valence-corrected chi connectivity index (χ4v) is 2.54. The van der Waals surface area contributed by atoms with Crippen LogP contribution in [0.3, 0.4) is 0 Å². The van der Waals surface area contributed by atoms with Gasteiger partial charge in [-0.05, 0) is 13.0 Å². The molecule has 0 saturated carbocycles. The van der Waals surface area contributed by atoms with Gasteiger partial charge in [-0.3, -0.25) is 19.5 Å². The predicted molar refractivity (Wildman–Crippen MR) is 78.4 cm³/mol. The lowest BCUT2D eigenvalue weighted by molar-refractivity contribution is -0.384. The third-order valence-corrected chi connectivity index (χ3v) is 3.89. The normalized spacial score (nSPS) is 11.2. The summed E-state index contributed by atoms with van der Waals surface area (Å²) in [5, 5.41) is 20.8. The van der Waals surface area contributed by atoms with Gasteiger partial charge in [0.1, 0.15) is 5.15 Å². The second-order valence-corrected chi connectivity index (χ2v) is 5.14. The molecule has 0 bridgehead atoms. The molecule has 0 N–H and O–H groups in total. The Bertz CT molecular complexity index is 852. The van der Waals surface area contributed by atoms with Crippen LogP contribution < -0.4 is 0 Å². The van der Waals surface area contributed by atoms with Crippen LogP contribution in [-0.2, 0) is 13.6 Å². The number of rotatable bonds is 3. The van der Waals surface area contributed by atoms with E-state index < -0.39 is 4.92 Å². The summed E-state index contributed by atoms with van der Waals surface area (Å²) in [5.41, 5.74) is 2.41. The molecule has 2 heterocycles. The summed E-state index contributed by atoms with van der Waals surface area (Å²) in [6.07, 6.45) is 1.68. The van der Waals surface area contributed by atoms with Gasteiger partial charge in [0.25, 0.3) is 5.69 Å². The minimum atomic E-state index is -0.418. The fraction of sp³-hybridized carbons (Fsp3) is 0.231. The zero-order valence-electron chi connectivity index (χ0n) is 11.4. The van der Waals surface area contributed by atoms with Crippen molar-refractivity contribution in [1.82, 2.24) is 19.6 Å². The van der Waals surface area contributed by atoms with Crippen molar-refractivity contribution in [2.75, 3.05) is 0 Å². The zero-order valence-corrected chi connectivity index (χ0v) is 12.2. The highest BCUT2D eigenvalue weighted by molar-refractivity contribution is 6.30. The SMILES string of the molecule is Cc1nn(C)c(Cl)c1Cn1ncc2ccc([N+](=O)[O-])cc21. The molecule has 0 radical (unpaired) electrons. The van der Waals surface area contributed by atoms with Gasteiger partial charge in [-0.1, -0.05) is 11.6 Å². The minimum absolute atomic E-state index is 0.0401. The van der Waals surface area contributed by atoms with Crippen molar-refractivity contribution < 1.29 is 4.92 Å². The Balaban J connectivity index is 2.08. The number of nitrogens with zero attached hydrogens (tertiary/aromatic N) is 5. The summed E-state index contributed by atoms with van der Waals surface area (Å²) < 4.78 is 3.29. The molecule has 3 rings (SSSR count). The van der Waals surface area contributed by atoms with Crippen molar-refractivity contribution in [1.29, 1.82) is 0 Å². The molecule has 108 valence electrons. The Kier molecular flexibility index (Phi) is 3.13. The van der Waals surface area contributed by atoms with Crippen molar-refractivity contribution >= 4 is 28.2 Å². The first-order chi connectivity index (χ1) is 9.97. The van der Waals surface area contributed by atoms with Crippen LogP contribution in [0.15, 0.2) is 24.4 Å². The van der Waals surface area contributed by atoms with Gasteiger partial charge in [-0.2, -0.15) is 10.2 Å². The summed E-state index contributed by atoms with van der Waals surface area (Å²) in [5.74, 6) is 0. The highest BCUT2D eigenvalue weighted by Gasteiger charge is 2.15. The molecular formula is C13H12ClN5O2. The topological polar surface area (TPSA) is 78.8 Å². The molecule has 0 amide bonds. The number of nitro benzene ring substituents is 1. The Morgan fingerprint density at radius 3 is 2.81 bits per heavy atom. The van der Waals surface area contributed by atoms with Gasteiger partial charge in [0.15, 0.2) is 0 Å². The van der Waals surface area contributed by atoms with E-state index >= 15 is 0 Å². The van der Waals surface area contributed by atoms with E-state index in [2.05, 4.69) is 10.2 Å². The Morgan fingerprint density at radius 1 is 1.43 bits per heavy atom. The number of fused-ring (bicyclic) bond motifs is 1. The molecule has 7 nitrogen and oxygen atoms in total. The maximum Gasteiger partial charge on any atom is 0.271 e. The van der Waals surface area contributed by atoms with E-state index in [1.165, 1.54) is 12.1 Å². The molecule has 0 aliphatic heterocycles. The van der Waals surface area contributed by atoms with Crippen molar-refractivity contribution in [2.45, 2.75) is 13.5 Å². The van der Waals surface area contributed by atoms with Crippen LogP contribution in [-0.4, -0.2) is 24.5 Å². The quantitative estimate of drug-likeness (QED) is 0.550. The third kappa shape index (κ3) is 2.25. The summed E-state index contributed by atoms with van der Waals surface area (Å²) in [6.45, 7) is 2.29. The minimum Gasteiger partial charge on any atom is -0.260 e. The first-order valence-corrected chi connectivity index (χ1v) is 6.63. The van der Waals surface area contributed by atoms with Crippen molar-refractivity contribution in [3.05, 3.63) is 50.9 Å². The van der Waals surface area contributed by atoms with E-state index in [-0.39, 0.29) is 5.69 Å². The first-order valence-electron chi connectivity index (χ1n) is 6.25. The predicted octanol–water partition coefficient (Wildman–Crippen LogP) is 2.69. The molecule has 3 aromatic rings. The number of nitro groups is 1. The van der Waals surface area contributed by atoms with Gasteiger partial charge in [0, 0.05) is 30.1 Å². The number of hydrogen-bond donors (Lipinski definition) is 0. The lowest BCUT2D eigenvalue weighted by Gasteiger charge is -2.04. The van der Waals surface area contributed by atoms with Crippen LogP contribution in [0.25, 0.3) is 10.9 Å². The zero-order chi connectivity index (χ0) is 15.1. The molecule has 0 fully saturated rings.